The summed E-state index contributed by atoms with van der Waals surface area (Å²) in [5.41, 5.74) is 0. The van der Waals surface area contributed by atoms with E-state index in [0.717, 1.165) is 6.92 Å². The predicted molar refractivity (Wildman–Crippen MR) is 96.3 cm³/mol. The highest BCUT2D eigenvalue weighted by molar-refractivity contribution is 8.07. The number of rotatable bonds is 10. The fourth-order valence-corrected chi connectivity index (χ4v) is 4.06. The number of carboxylic acid groups (broad SMARTS) is 1. The van der Waals surface area contributed by atoms with Gasteiger partial charge in [-0.1, -0.05) is 0 Å². The van der Waals surface area contributed by atoms with Crippen LogP contribution in [0.5, 0.6) is 0 Å². The van der Waals surface area contributed by atoms with Crippen LogP contribution < -0.4 is 5.32 Å². The van der Waals surface area contributed by atoms with Gasteiger partial charge in [-0.25, -0.2) is 4.79 Å². The summed E-state index contributed by atoms with van der Waals surface area (Å²) in [4.78, 5) is 22.6. The Morgan fingerprint density at radius 3 is 2.39 bits per heavy atom. The minimum Gasteiger partial charge on any atom is -0.477 e. The number of ether oxygens (including phenoxy) is 1. The van der Waals surface area contributed by atoms with Gasteiger partial charge in [-0.05, 0) is 11.8 Å². The Hall–Kier alpha value is -0.730. The van der Waals surface area contributed by atoms with Crippen molar-refractivity contribution in [3.63, 3.8) is 0 Å². The SMILES string of the molecule is COP(=S)(OC)O[C@H](CO)CC1OC(O)(C(=O)O)CC(O)C1[C@H](O)NC(C)=O. The van der Waals surface area contributed by atoms with Crippen molar-refractivity contribution < 1.29 is 53.4 Å². The quantitative estimate of drug-likeness (QED) is 0.164. The Labute approximate surface area is 166 Å². The Morgan fingerprint density at radius 2 is 1.96 bits per heavy atom. The lowest BCUT2D eigenvalue weighted by molar-refractivity contribution is -0.297. The zero-order chi connectivity index (χ0) is 21.7. The topological polar surface area (TPSA) is 184 Å². The molecule has 1 rings (SSSR count). The third-order valence-corrected chi connectivity index (χ3v) is 6.78. The van der Waals surface area contributed by atoms with Gasteiger partial charge < -0.3 is 49.2 Å². The van der Waals surface area contributed by atoms with Crippen molar-refractivity contribution in [3.8, 4) is 0 Å². The zero-order valence-corrected chi connectivity index (χ0v) is 17.3. The van der Waals surface area contributed by atoms with Crippen molar-refractivity contribution in [2.75, 3.05) is 20.8 Å². The second-order valence-corrected chi connectivity index (χ2v) is 9.38. The van der Waals surface area contributed by atoms with Crippen LogP contribution in [0.1, 0.15) is 19.8 Å². The third-order valence-electron chi connectivity index (χ3n) is 4.18. The van der Waals surface area contributed by atoms with Gasteiger partial charge in [0.15, 0.2) is 0 Å². The van der Waals surface area contributed by atoms with E-state index < -0.39 is 67.9 Å². The van der Waals surface area contributed by atoms with E-state index in [9.17, 15) is 35.1 Å². The van der Waals surface area contributed by atoms with Crippen LogP contribution in [0.4, 0.5) is 0 Å². The van der Waals surface area contributed by atoms with Gasteiger partial charge >= 0.3 is 12.7 Å². The van der Waals surface area contributed by atoms with Crippen molar-refractivity contribution >= 4 is 30.4 Å². The molecular weight excluding hydrogens is 421 g/mol. The molecule has 0 bridgehead atoms. The summed E-state index contributed by atoms with van der Waals surface area (Å²) in [6, 6.07) is 0. The number of aliphatic hydroxyl groups excluding tert-OH is 3. The largest absolute Gasteiger partial charge is 0.477 e. The third kappa shape index (κ3) is 6.39. The van der Waals surface area contributed by atoms with Crippen LogP contribution in [0.2, 0.25) is 0 Å². The molecule has 6 atom stereocenters. The van der Waals surface area contributed by atoms with Gasteiger partial charge in [-0.15, -0.1) is 0 Å². The number of hydrogen-bond donors (Lipinski definition) is 6. The first kappa shape index (κ1) is 25.3. The average molecular weight is 447 g/mol. The minimum atomic E-state index is -3.21. The highest BCUT2D eigenvalue weighted by Gasteiger charge is 2.53. The molecule has 6 N–H and O–H groups in total. The summed E-state index contributed by atoms with van der Waals surface area (Å²) in [7, 11) is 2.48. The van der Waals surface area contributed by atoms with Crippen LogP contribution in [0, 0.1) is 5.92 Å². The molecule has 0 aliphatic carbocycles. The molecule has 0 radical (unpaired) electrons. The first-order valence-electron chi connectivity index (χ1n) is 8.19. The summed E-state index contributed by atoms with van der Waals surface area (Å²) < 4.78 is 20.6. The molecule has 0 aromatic rings. The minimum absolute atomic E-state index is 0.310. The molecule has 28 heavy (non-hydrogen) atoms. The van der Waals surface area contributed by atoms with Crippen molar-refractivity contribution in [1.29, 1.82) is 0 Å². The Bertz CT molecular complexity index is 600. The predicted octanol–water partition coefficient (Wildman–Crippen LogP) is -1.73. The molecular formula is C14H26NO11PS. The Kier molecular flexibility index (Phi) is 9.35. The average Bonchev–Trinajstić information content (AvgIpc) is 2.59. The summed E-state index contributed by atoms with van der Waals surface area (Å²) in [5.74, 6) is -6.32. The van der Waals surface area contributed by atoms with Gasteiger partial charge in [0.25, 0.3) is 5.79 Å². The van der Waals surface area contributed by atoms with Crippen molar-refractivity contribution in [2.24, 2.45) is 5.92 Å². The van der Waals surface area contributed by atoms with Crippen LogP contribution in [0.15, 0.2) is 0 Å². The van der Waals surface area contributed by atoms with E-state index in [1.165, 1.54) is 14.2 Å². The van der Waals surface area contributed by atoms with E-state index in [1.54, 1.807) is 0 Å². The highest BCUT2D eigenvalue weighted by atomic mass is 32.5. The smallest absolute Gasteiger partial charge is 0.364 e. The van der Waals surface area contributed by atoms with Crippen molar-refractivity contribution in [1.82, 2.24) is 5.32 Å². The second-order valence-electron chi connectivity index (χ2n) is 6.20. The van der Waals surface area contributed by atoms with Gasteiger partial charge in [0, 0.05) is 34.0 Å². The number of aliphatic hydroxyl groups is 4. The first-order valence-corrected chi connectivity index (χ1v) is 10.7. The molecule has 1 aliphatic heterocycles. The molecule has 14 heteroatoms. The number of aliphatic carboxylic acids is 1. The monoisotopic (exact) mass is 447 g/mol. The Balaban J connectivity index is 3.13. The summed E-state index contributed by atoms with van der Waals surface area (Å²) in [5, 5.41) is 51.7. The first-order chi connectivity index (χ1) is 12.9. The molecule has 1 saturated heterocycles. The number of carboxylic acids is 1. The Morgan fingerprint density at radius 1 is 1.39 bits per heavy atom. The molecule has 1 fully saturated rings. The summed E-state index contributed by atoms with van der Waals surface area (Å²) in [6.45, 7) is -2.69. The normalized spacial score (nSPS) is 30.5. The number of nitrogens with one attached hydrogen (secondary N) is 1. The molecule has 1 amide bonds. The maximum Gasteiger partial charge on any atom is 0.364 e. The van der Waals surface area contributed by atoms with Crippen molar-refractivity contribution in [2.45, 2.75) is 50.1 Å². The van der Waals surface area contributed by atoms with E-state index in [1.807, 2.05) is 0 Å². The number of hydrogen-bond acceptors (Lipinski definition) is 11. The fraction of sp³-hybridized carbons (Fsp3) is 0.857. The molecule has 164 valence electrons. The molecule has 12 nitrogen and oxygen atoms in total. The lowest BCUT2D eigenvalue weighted by atomic mass is 9.83. The molecule has 0 aromatic carbocycles. The van der Waals surface area contributed by atoms with Crippen LogP contribution in [0.3, 0.4) is 0 Å². The lowest BCUT2D eigenvalue weighted by Gasteiger charge is -2.44. The van der Waals surface area contributed by atoms with E-state index in [4.69, 9.17) is 30.1 Å². The molecule has 1 heterocycles. The zero-order valence-electron chi connectivity index (χ0n) is 15.5. The number of carbonyl (C=O) groups is 2. The number of amides is 1. The van der Waals surface area contributed by atoms with Gasteiger partial charge in [0.1, 0.15) is 6.23 Å². The second kappa shape index (κ2) is 10.3. The van der Waals surface area contributed by atoms with E-state index in [2.05, 4.69) is 5.32 Å². The van der Waals surface area contributed by atoms with E-state index >= 15 is 0 Å². The van der Waals surface area contributed by atoms with Crippen LogP contribution in [-0.2, 0) is 39.7 Å². The number of carbonyl (C=O) groups excluding carboxylic acids is 1. The molecule has 0 saturated carbocycles. The van der Waals surface area contributed by atoms with Gasteiger partial charge in [0.05, 0.1) is 30.8 Å². The van der Waals surface area contributed by atoms with Gasteiger partial charge in [-0.2, -0.15) is 0 Å². The summed E-state index contributed by atoms with van der Waals surface area (Å²) >= 11 is 5.06. The van der Waals surface area contributed by atoms with E-state index in [0.29, 0.717) is 0 Å². The lowest BCUT2D eigenvalue weighted by Crippen LogP contribution is -2.61. The van der Waals surface area contributed by atoms with Crippen LogP contribution >= 0.6 is 6.72 Å². The van der Waals surface area contributed by atoms with Crippen molar-refractivity contribution in [3.05, 3.63) is 0 Å². The van der Waals surface area contributed by atoms with Crippen LogP contribution in [-0.4, -0.2) is 88.6 Å². The molecule has 1 aliphatic rings. The standard InChI is InChI=1S/C14H26NO11PS/c1-7(17)15-12(19)11-9(18)5-14(22,13(20)21)25-10(11)4-8(6-16)26-27(28,23-2)24-3/h8-12,16,18-19,22H,4-6H2,1-3H3,(H,15,17)(H,20,21)/t8-,9?,10?,11?,12-,14?/m0/s1. The van der Waals surface area contributed by atoms with Gasteiger partial charge in [0.2, 0.25) is 5.91 Å². The van der Waals surface area contributed by atoms with Crippen LogP contribution in [0.25, 0.3) is 0 Å². The van der Waals surface area contributed by atoms with E-state index in [-0.39, 0.29) is 6.42 Å². The molecule has 4 unspecified atom stereocenters. The molecule has 0 spiro atoms. The maximum atomic E-state index is 11.3. The molecule has 0 aromatic heterocycles. The summed E-state index contributed by atoms with van der Waals surface area (Å²) in [6.07, 6.45) is -6.70. The van der Waals surface area contributed by atoms with Gasteiger partial charge in [-0.3, -0.25) is 4.79 Å². The maximum absolute atomic E-state index is 11.3. The fourth-order valence-electron chi connectivity index (χ4n) is 2.86. The highest BCUT2D eigenvalue weighted by Crippen LogP contribution is 2.50.